The zero-order chi connectivity index (χ0) is 13.9. The molecule has 1 heterocycles. The van der Waals surface area contributed by atoms with Gasteiger partial charge in [-0.2, -0.15) is 0 Å². The fourth-order valence-corrected chi connectivity index (χ4v) is 3.13. The summed E-state index contributed by atoms with van der Waals surface area (Å²) in [5.74, 6) is 2.73. The van der Waals surface area contributed by atoms with Crippen molar-refractivity contribution in [3.8, 4) is 0 Å². The van der Waals surface area contributed by atoms with Crippen LogP contribution in [0.15, 0.2) is 77.2 Å². The first kappa shape index (κ1) is 13.4. The van der Waals surface area contributed by atoms with Crippen LogP contribution in [0.5, 0.6) is 0 Å². The Labute approximate surface area is 129 Å². The average molecular weight is 323 g/mol. The van der Waals surface area contributed by atoms with Crippen molar-refractivity contribution in [1.82, 2.24) is 0 Å². The van der Waals surface area contributed by atoms with Gasteiger partial charge in [-0.1, -0.05) is 81.6 Å². The molecule has 0 radical (unpaired) electrons. The molecule has 0 bridgehead atoms. The van der Waals surface area contributed by atoms with E-state index in [-0.39, 0.29) is 0 Å². The first-order chi connectivity index (χ1) is 9.75. The summed E-state index contributed by atoms with van der Waals surface area (Å²) in [6.45, 7) is 2.61. The molecule has 0 nitrogen and oxygen atoms in total. The van der Waals surface area contributed by atoms with Crippen LogP contribution in [0.2, 0.25) is 0 Å². The van der Waals surface area contributed by atoms with Crippen LogP contribution in [0.25, 0.3) is 0 Å². The van der Waals surface area contributed by atoms with Crippen LogP contribution in [0.4, 0.5) is 0 Å². The number of aryl methyl sites for hydroxylation is 1. The largest absolute Gasteiger partial charge is 0.212 e. The maximum atomic E-state index is 3.51. The van der Waals surface area contributed by atoms with Crippen molar-refractivity contribution >= 4 is 28.1 Å². The lowest BCUT2D eigenvalue weighted by Gasteiger charge is -2.23. The molecule has 1 unspecified atom stereocenters. The van der Waals surface area contributed by atoms with Crippen molar-refractivity contribution in [1.29, 1.82) is 0 Å². The third-order valence-corrected chi connectivity index (χ3v) is 4.47. The first-order valence-electron chi connectivity index (χ1n) is 6.92. The van der Waals surface area contributed by atoms with Gasteiger partial charge in [-0.25, -0.2) is 0 Å². The third kappa shape index (κ3) is 2.66. The van der Waals surface area contributed by atoms with Crippen molar-refractivity contribution in [2.75, 3.05) is 0 Å². The van der Waals surface area contributed by atoms with Crippen LogP contribution in [0.3, 0.4) is 0 Å². The molecule has 1 atom stereocenters. The van der Waals surface area contributed by atoms with E-state index in [1.165, 1.54) is 16.6 Å². The number of halogens is 1. The summed E-state index contributed by atoms with van der Waals surface area (Å²) in [7, 11) is 0. The van der Waals surface area contributed by atoms with Crippen LogP contribution in [-0.2, 0) is 0 Å². The number of allylic oxidation sites excluding steroid dienone is 3. The molecular formula is C18H16BBr. The van der Waals surface area contributed by atoms with Gasteiger partial charge in [0, 0.05) is 4.47 Å². The molecule has 98 valence electrons. The fourth-order valence-electron chi connectivity index (χ4n) is 2.87. The number of rotatable bonds is 2. The maximum absolute atomic E-state index is 3.51. The molecule has 0 spiro atoms. The summed E-state index contributed by atoms with van der Waals surface area (Å²) in [6.07, 6.45) is 6.62. The number of benzene rings is 2. The summed E-state index contributed by atoms with van der Waals surface area (Å²) in [5.41, 5.74) is 4.14. The second-order valence-electron chi connectivity index (χ2n) is 5.23. The molecule has 0 amide bonds. The van der Waals surface area contributed by atoms with Crippen LogP contribution in [-0.4, -0.2) is 6.71 Å². The molecule has 3 rings (SSSR count). The lowest BCUT2D eigenvalue weighted by molar-refractivity contribution is 1.17. The summed E-state index contributed by atoms with van der Waals surface area (Å²) >= 11 is 3.51. The maximum Gasteiger partial charge on any atom is 0.212 e. The van der Waals surface area contributed by atoms with E-state index in [4.69, 9.17) is 0 Å². The Kier molecular flexibility index (Phi) is 3.93. The summed E-state index contributed by atoms with van der Waals surface area (Å²) in [4.78, 5) is 0. The van der Waals surface area contributed by atoms with Crippen molar-refractivity contribution in [3.63, 3.8) is 0 Å². The molecule has 1 aliphatic heterocycles. The van der Waals surface area contributed by atoms with E-state index in [0.717, 1.165) is 4.47 Å². The van der Waals surface area contributed by atoms with Crippen molar-refractivity contribution in [2.24, 2.45) is 0 Å². The summed E-state index contributed by atoms with van der Waals surface area (Å²) < 4.78 is 1.13. The summed E-state index contributed by atoms with van der Waals surface area (Å²) in [5, 5.41) is 0. The van der Waals surface area contributed by atoms with Gasteiger partial charge < -0.3 is 0 Å². The van der Waals surface area contributed by atoms with Gasteiger partial charge in [0.15, 0.2) is 0 Å². The number of hydrogen-bond acceptors (Lipinski definition) is 0. The minimum atomic E-state index is 0.411. The van der Waals surface area contributed by atoms with Crippen molar-refractivity contribution < 1.29 is 0 Å². The smallest absolute Gasteiger partial charge is 0.109 e. The van der Waals surface area contributed by atoms with Crippen LogP contribution < -0.4 is 5.46 Å². The van der Waals surface area contributed by atoms with Crippen molar-refractivity contribution in [3.05, 3.63) is 88.3 Å². The molecule has 2 heteroatoms. The van der Waals surface area contributed by atoms with E-state index >= 15 is 0 Å². The van der Waals surface area contributed by atoms with Gasteiger partial charge in [0.2, 0.25) is 6.71 Å². The van der Waals surface area contributed by atoms with Gasteiger partial charge in [-0.15, -0.1) is 5.98 Å². The normalized spacial score (nSPS) is 17.5. The van der Waals surface area contributed by atoms with Gasteiger partial charge in [0.1, 0.15) is 0 Å². The Balaban J connectivity index is 2.01. The Morgan fingerprint density at radius 3 is 2.45 bits per heavy atom. The van der Waals surface area contributed by atoms with Crippen molar-refractivity contribution in [2.45, 2.75) is 12.7 Å². The highest BCUT2D eigenvalue weighted by Crippen LogP contribution is 2.26. The van der Waals surface area contributed by atoms with E-state index in [1.54, 1.807) is 0 Å². The Morgan fingerprint density at radius 1 is 0.950 bits per heavy atom. The second-order valence-corrected chi connectivity index (χ2v) is 6.15. The second kappa shape index (κ2) is 5.84. The molecule has 0 N–H and O–H groups in total. The summed E-state index contributed by atoms with van der Waals surface area (Å²) in [6, 6.07) is 17.3. The van der Waals surface area contributed by atoms with Gasteiger partial charge >= 0.3 is 0 Å². The van der Waals surface area contributed by atoms with E-state index < -0.39 is 0 Å². The van der Waals surface area contributed by atoms with Gasteiger partial charge in [0.25, 0.3) is 0 Å². The standard InChI is InChI=1S/C18H16BBr/c1-14-6-2-3-7-17(14)19-13-5-4-8-18(19)15-9-11-16(20)12-10-15/h2-13,18H,1H3. The van der Waals surface area contributed by atoms with Crippen LogP contribution >= 0.6 is 15.9 Å². The third-order valence-electron chi connectivity index (χ3n) is 3.94. The van der Waals surface area contributed by atoms with E-state index in [2.05, 4.69) is 95.6 Å². The van der Waals surface area contributed by atoms with Crippen LogP contribution in [0.1, 0.15) is 16.9 Å². The number of hydrogen-bond donors (Lipinski definition) is 0. The monoisotopic (exact) mass is 322 g/mol. The Morgan fingerprint density at radius 2 is 1.70 bits per heavy atom. The molecule has 0 aromatic heterocycles. The van der Waals surface area contributed by atoms with E-state index in [1.807, 2.05) is 0 Å². The lowest BCUT2D eigenvalue weighted by atomic mass is 9.34. The molecule has 0 fully saturated rings. The fraction of sp³-hybridized carbons (Fsp3) is 0.111. The molecule has 2 aromatic rings. The highest BCUT2D eigenvalue weighted by Gasteiger charge is 2.26. The Hall–Kier alpha value is -1.54. The molecule has 2 aromatic carbocycles. The minimum Gasteiger partial charge on any atom is -0.109 e. The molecule has 0 aliphatic carbocycles. The Bertz CT molecular complexity index is 655. The minimum absolute atomic E-state index is 0.411. The van der Waals surface area contributed by atoms with E-state index in [0.29, 0.717) is 12.5 Å². The van der Waals surface area contributed by atoms with Crippen LogP contribution in [0, 0.1) is 6.92 Å². The molecular weight excluding hydrogens is 307 g/mol. The molecule has 1 aliphatic rings. The quantitative estimate of drug-likeness (QED) is 0.717. The molecule has 0 saturated carbocycles. The first-order valence-corrected chi connectivity index (χ1v) is 7.71. The zero-order valence-electron chi connectivity index (χ0n) is 11.5. The lowest BCUT2D eigenvalue weighted by Crippen LogP contribution is -2.37. The topological polar surface area (TPSA) is 0 Å². The zero-order valence-corrected chi connectivity index (χ0v) is 13.0. The van der Waals surface area contributed by atoms with Gasteiger partial charge in [-0.3, -0.25) is 0 Å². The molecule has 0 saturated heterocycles. The predicted octanol–water partition coefficient (Wildman–Crippen LogP) is 4.45. The highest BCUT2D eigenvalue weighted by molar-refractivity contribution is 9.10. The van der Waals surface area contributed by atoms with E-state index in [9.17, 15) is 0 Å². The van der Waals surface area contributed by atoms with Gasteiger partial charge in [-0.05, 0) is 30.4 Å². The van der Waals surface area contributed by atoms with Gasteiger partial charge in [0.05, 0.1) is 0 Å². The molecule has 20 heavy (non-hydrogen) atoms. The predicted molar refractivity (Wildman–Crippen MR) is 91.7 cm³/mol. The SMILES string of the molecule is Cc1ccccc1B1C=CC=CC1c1ccc(Br)cc1. The average Bonchev–Trinajstić information content (AvgIpc) is 2.49. The highest BCUT2D eigenvalue weighted by atomic mass is 79.9.